The van der Waals surface area contributed by atoms with Crippen LogP contribution in [-0.2, 0) is 6.42 Å². The third kappa shape index (κ3) is 4.62. The summed E-state index contributed by atoms with van der Waals surface area (Å²) in [5, 5.41) is 6.61. The van der Waals surface area contributed by atoms with E-state index >= 15 is 0 Å². The van der Waals surface area contributed by atoms with Gasteiger partial charge in [0.15, 0.2) is 0 Å². The number of hydrogen-bond donors (Lipinski definition) is 3. The highest BCUT2D eigenvalue weighted by atomic mass is 19.1. The second-order valence-corrected chi connectivity index (χ2v) is 8.06. The molecule has 1 aliphatic heterocycles. The number of hydrogen-bond acceptors (Lipinski definition) is 6. The van der Waals surface area contributed by atoms with Crippen LogP contribution >= 0.6 is 0 Å². The highest BCUT2D eigenvalue weighted by molar-refractivity contribution is 5.65. The molecule has 4 N–H and O–H groups in total. The zero-order chi connectivity index (χ0) is 21.1. The van der Waals surface area contributed by atoms with Gasteiger partial charge in [0.1, 0.15) is 23.3 Å². The molecule has 158 valence electrons. The molecule has 0 radical (unpaired) electrons. The molecule has 1 aliphatic carbocycles. The topological polar surface area (TPSA) is 79.1 Å². The van der Waals surface area contributed by atoms with E-state index in [4.69, 9.17) is 10.7 Å². The van der Waals surface area contributed by atoms with Gasteiger partial charge in [-0.1, -0.05) is 19.2 Å². The van der Waals surface area contributed by atoms with E-state index in [0.29, 0.717) is 18.2 Å². The molecule has 2 aliphatic rings. The molecule has 0 unspecified atom stereocenters. The zero-order valence-corrected chi connectivity index (χ0v) is 17.2. The van der Waals surface area contributed by atoms with Crippen LogP contribution in [-0.4, -0.2) is 29.1 Å². The van der Waals surface area contributed by atoms with Crippen LogP contribution in [0.4, 0.5) is 16.0 Å². The summed E-state index contributed by atoms with van der Waals surface area (Å²) < 4.78 is 13.2. The molecular formula is C23H29FN6. The van der Waals surface area contributed by atoms with Gasteiger partial charge in [0, 0.05) is 12.6 Å². The van der Waals surface area contributed by atoms with Crippen LogP contribution in [0.5, 0.6) is 0 Å². The van der Waals surface area contributed by atoms with E-state index in [0.717, 1.165) is 54.5 Å². The van der Waals surface area contributed by atoms with Crippen molar-refractivity contribution in [3.05, 3.63) is 66.5 Å². The van der Waals surface area contributed by atoms with Crippen molar-refractivity contribution in [3.8, 4) is 0 Å². The molecule has 0 saturated heterocycles. The normalized spacial score (nSPS) is 17.9. The third-order valence-electron chi connectivity index (χ3n) is 5.70. The van der Waals surface area contributed by atoms with Crippen molar-refractivity contribution in [1.29, 1.82) is 0 Å². The third-order valence-corrected chi connectivity index (χ3v) is 5.70. The molecule has 0 spiro atoms. The largest absolute Gasteiger partial charge is 0.384 e. The van der Waals surface area contributed by atoms with Gasteiger partial charge in [-0.2, -0.15) is 0 Å². The number of halogens is 1. The number of pyridine rings is 2. The first-order chi connectivity index (χ1) is 14.5. The molecule has 1 fully saturated rings. The minimum atomic E-state index is -0.376. The van der Waals surface area contributed by atoms with E-state index in [1.165, 1.54) is 25.1 Å². The van der Waals surface area contributed by atoms with Crippen LogP contribution in [0.1, 0.15) is 36.9 Å². The van der Waals surface area contributed by atoms with Gasteiger partial charge < -0.3 is 21.3 Å². The lowest BCUT2D eigenvalue weighted by Gasteiger charge is -2.39. The first-order valence-electron chi connectivity index (χ1n) is 10.5. The van der Waals surface area contributed by atoms with Gasteiger partial charge in [-0.25, -0.2) is 14.4 Å². The lowest BCUT2D eigenvalue weighted by Crippen LogP contribution is -2.42. The molecule has 2 aromatic heterocycles. The summed E-state index contributed by atoms with van der Waals surface area (Å²) >= 11 is 0. The maximum atomic E-state index is 13.2. The second kappa shape index (κ2) is 8.83. The second-order valence-electron chi connectivity index (χ2n) is 8.06. The monoisotopic (exact) mass is 408 g/mol. The Kier molecular flexibility index (Phi) is 5.99. The lowest BCUT2D eigenvalue weighted by molar-refractivity contribution is 0.524. The predicted molar refractivity (Wildman–Crippen MR) is 119 cm³/mol. The Bertz CT molecular complexity index is 922. The van der Waals surface area contributed by atoms with Crippen LogP contribution in [0.15, 0.2) is 49.4 Å². The summed E-state index contributed by atoms with van der Waals surface area (Å²) in [4.78, 5) is 11.1. The number of aryl methyl sites for hydroxylation is 1. The summed E-state index contributed by atoms with van der Waals surface area (Å²) in [5.41, 5.74) is 8.72. The van der Waals surface area contributed by atoms with Crippen molar-refractivity contribution < 1.29 is 4.39 Å². The van der Waals surface area contributed by atoms with Crippen LogP contribution < -0.4 is 21.3 Å². The van der Waals surface area contributed by atoms with Gasteiger partial charge in [-0.3, -0.25) is 0 Å². The Morgan fingerprint density at radius 2 is 2.03 bits per heavy atom. The fourth-order valence-corrected chi connectivity index (χ4v) is 3.83. The molecule has 30 heavy (non-hydrogen) atoms. The average Bonchev–Trinajstić information content (AvgIpc) is 3.57. The molecule has 0 bridgehead atoms. The summed E-state index contributed by atoms with van der Waals surface area (Å²) in [7, 11) is 0. The Balaban J connectivity index is 1.59. The van der Waals surface area contributed by atoms with Crippen molar-refractivity contribution in [2.45, 2.75) is 38.1 Å². The Hall–Kier alpha value is -2.93. The molecule has 0 aromatic carbocycles. The molecule has 0 amide bonds. The summed E-state index contributed by atoms with van der Waals surface area (Å²) in [5.74, 6) is 2.43. The number of nitrogens with zero attached hydrogens (tertiary/aromatic N) is 3. The number of aromatic nitrogens is 2. The fraction of sp³-hybridized carbons (Fsp3) is 0.391. The maximum Gasteiger partial charge on any atom is 0.141 e. The van der Waals surface area contributed by atoms with Gasteiger partial charge in [-0.15, -0.1) is 0 Å². The molecule has 1 saturated carbocycles. The quantitative estimate of drug-likeness (QED) is 0.588. The van der Waals surface area contributed by atoms with E-state index in [9.17, 15) is 4.39 Å². The van der Waals surface area contributed by atoms with E-state index in [-0.39, 0.29) is 11.9 Å². The van der Waals surface area contributed by atoms with Crippen molar-refractivity contribution in [2.24, 2.45) is 11.7 Å². The summed E-state index contributed by atoms with van der Waals surface area (Å²) in [6.45, 7) is 9.93. The Labute approximate surface area is 177 Å². The van der Waals surface area contributed by atoms with Crippen LogP contribution in [0.2, 0.25) is 0 Å². The van der Waals surface area contributed by atoms with Gasteiger partial charge in [0.2, 0.25) is 0 Å². The van der Waals surface area contributed by atoms with E-state index in [1.54, 1.807) is 6.07 Å². The minimum Gasteiger partial charge on any atom is -0.384 e. The minimum absolute atomic E-state index is 0.179. The van der Waals surface area contributed by atoms with Gasteiger partial charge >= 0.3 is 0 Å². The SMILES string of the molecule is C=C(NCC1CC1)c1ccc2c(n1)N(C(=C)Nc1ccc(F)cn1)[C@@H](CCN)CC2. The van der Waals surface area contributed by atoms with Crippen molar-refractivity contribution >= 4 is 17.3 Å². The lowest BCUT2D eigenvalue weighted by atomic mass is 9.96. The number of nitrogens with one attached hydrogen (secondary N) is 2. The molecule has 4 rings (SSSR count). The fourth-order valence-electron chi connectivity index (χ4n) is 3.83. The Morgan fingerprint density at radius 1 is 1.20 bits per heavy atom. The smallest absolute Gasteiger partial charge is 0.141 e. The summed E-state index contributed by atoms with van der Waals surface area (Å²) in [6.07, 6.45) is 6.48. The van der Waals surface area contributed by atoms with Crippen molar-refractivity contribution in [1.82, 2.24) is 15.3 Å². The molecule has 7 heteroatoms. The van der Waals surface area contributed by atoms with Crippen LogP contribution in [0.25, 0.3) is 5.70 Å². The highest BCUT2D eigenvalue weighted by Crippen LogP contribution is 2.34. The highest BCUT2D eigenvalue weighted by Gasteiger charge is 2.30. The van der Waals surface area contributed by atoms with E-state index in [2.05, 4.69) is 39.7 Å². The predicted octanol–water partition coefficient (Wildman–Crippen LogP) is 3.64. The number of anilines is 2. The number of nitrogens with two attached hydrogens (primary N) is 1. The maximum absolute atomic E-state index is 13.2. The van der Waals surface area contributed by atoms with Crippen LogP contribution in [0.3, 0.4) is 0 Å². The average molecular weight is 409 g/mol. The molecule has 1 atom stereocenters. The zero-order valence-electron chi connectivity index (χ0n) is 17.2. The standard InChI is InChI=1S/C23H29FN6/c1-15(26-13-17-3-4-17)21-9-6-18-5-8-20(11-12-25)30(23(18)29-21)16(2)28-22-10-7-19(24)14-27-22/h6-7,9-10,14,17,20,26H,1-5,8,11-13,25H2,(H,27,28)/t20-/m1/s1. The molecule has 6 nitrogen and oxygen atoms in total. The van der Waals surface area contributed by atoms with Gasteiger partial charge in [0.25, 0.3) is 0 Å². The van der Waals surface area contributed by atoms with Crippen LogP contribution in [0, 0.1) is 11.7 Å². The van der Waals surface area contributed by atoms with Gasteiger partial charge in [0.05, 0.1) is 17.6 Å². The number of fused-ring (bicyclic) bond motifs is 1. The Morgan fingerprint density at radius 3 is 2.73 bits per heavy atom. The first-order valence-corrected chi connectivity index (χ1v) is 10.5. The van der Waals surface area contributed by atoms with E-state index in [1.807, 2.05) is 6.07 Å². The number of rotatable bonds is 9. The molecular weight excluding hydrogens is 379 g/mol. The first kappa shape index (κ1) is 20.3. The van der Waals surface area contributed by atoms with Crippen molar-refractivity contribution in [3.63, 3.8) is 0 Å². The van der Waals surface area contributed by atoms with E-state index < -0.39 is 0 Å². The van der Waals surface area contributed by atoms with Gasteiger partial charge in [-0.05, 0) is 68.3 Å². The van der Waals surface area contributed by atoms with Crippen molar-refractivity contribution in [2.75, 3.05) is 23.3 Å². The molecule has 3 heterocycles. The summed E-state index contributed by atoms with van der Waals surface area (Å²) in [6, 6.07) is 7.29. The molecule has 2 aromatic rings.